The van der Waals surface area contributed by atoms with Crippen LogP contribution in [0.15, 0.2) is 18.2 Å². The van der Waals surface area contributed by atoms with Gasteiger partial charge in [-0.2, -0.15) is 5.26 Å². The Kier molecular flexibility index (Phi) is 5.79. The summed E-state index contributed by atoms with van der Waals surface area (Å²) in [6.45, 7) is 2.80. The number of likely N-dealkylation sites (tertiary alicyclic amines) is 1. The van der Waals surface area contributed by atoms with Crippen LogP contribution in [0.1, 0.15) is 36.8 Å². The lowest BCUT2D eigenvalue weighted by molar-refractivity contribution is -0.119. The van der Waals surface area contributed by atoms with Crippen molar-refractivity contribution in [3.63, 3.8) is 0 Å². The van der Waals surface area contributed by atoms with E-state index in [0.29, 0.717) is 23.7 Å². The number of methoxy groups -OCH3 is 1. The van der Waals surface area contributed by atoms with Crippen LogP contribution < -0.4 is 10.5 Å². The zero-order chi connectivity index (χ0) is 15.9. The average Bonchev–Trinajstić information content (AvgIpc) is 2.72. The molecule has 1 atom stereocenters. The molecule has 0 spiro atoms. The minimum atomic E-state index is -0.202. The Bertz CT molecular complexity index is 566. The van der Waals surface area contributed by atoms with Gasteiger partial charge >= 0.3 is 0 Å². The van der Waals surface area contributed by atoms with Crippen molar-refractivity contribution in [2.24, 2.45) is 11.7 Å². The molecule has 0 aliphatic carbocycles. The second-order valence-electron chi connectivity index (χ2n) is 5.89. The van der Waals surface area contributed by atoms with Crippen LogP contribution in [0, 0.1) is 17.2 Å². The summed E-state index contributed by atoms with van der Waals surface area (Å²) in [5.74, 6) is 0.823. The predicted octanol–water partition coefficient (Wildman–Crippen LogP) is 2.04. The third-order valence-corrected chi connectivity index (χ3v) is 4.22. The summed E-state index contributed by atoms with van der Waals surface area (Å²) in [7, 11) is 1.57. The molecule has 118 valence electrons. The first-order valence-corrected chi connectivity index (χ1v) is 7.70. The Morgan fingerprint density at radius 2 is 2.27 bits per heavy atom. The highest BCUT2D eigenvalue weighted by Gasteiger charge is 2.19. The van der Waals surface area contributed by atoms with E-state index in [-0.39, 0.29) is 5.91 Å². The molecule has 0 saturated carbocycles. The highest BCUT2D eigenvalue weighted by molar-refractivity contribution is 5.73. The molecule has 1 amide bonds. The lowest BCUT2D eigenvalue weighted by atomic mass is 9.97. The number of hydrogen-bond acceptors (Lipinski definition) is 4. The molecule has 1 heterocycles. The molecule has 22 heavy (non-hydrogen) atoms. The van der Waals surface area contributed by atoms with Crippen molar-refractivity contribution in [3.8, 4) is 11.8 Å². The maximum Gasteiger partial charge on any atom is 0.217 e. The second-order valence-corrected chi connectivity index (χ2v) is 5.89. The number of hydrogen-bond donors (Lipinski definition) is 1. The molecule has 5 nitrogen and oxygen atoms in total. The van der Waals surface area contributed by atoms with Crippen molar-refractivity contribution in [2.75, 3.05) is 20.2 Å². The van der Waals surface area contributed by atoms with Gasteiger partial charge in [0.1, 0.15) is 11.8 Å². The lowest BCUT2D eigenvalue weighted by Gasteiger charge is -2.20. The highest BCUT2D eigenvalue weighted by atomic mass is 16.5. The van der Waals surface area contributed by atoms with Crippen LogP contribution in [0.4, 0.5) is 0 Å². The fraction of sp³-hybridized carbons (Fsp3) is 0.529. The topological polar surface area (TPSA) is 79.3 Å². The van der Waals surface area contributed by atoms with E-state index in [4.69, 9.17) is 15.7 Å². The number of carbonyl (C=O) groups excluding carboxylic acids is 1. The minimum Gasteiger partial charge on any atom is -0.495 e. The van der Waals surface area contributed by atoms with Gasteiger partial charge in [-0.15, -0.1) is 0 Å². The maximum absolute atomic E-state index is 11.0. The molecule has 2 N–H and O–H groups in total. The molecule has 1 unspecified atom stereocenters. The monoisotopic (exact) mass is 301 g/mol. The van der Waals surface area contributed by atoms with Gasteiger partial charge in [-0.1, -0.05) is 6.07 Å². The summed E-state index contributed by atoms with van der Waals surface area (Å²) in [5, 5.41) is 9.16. The molecular weight excluding hydrogens is 278 g/mol. The summed E-state index contributed by atoms with van der Waals surface area (Å²) in [5.41, 5.74) is 6.98. The summed E-state index contributed by atoms with van der Waals surface area (Å²) in [4.78, 5) is 13.4. The van der Waals surface area contributed by atoms with E-state index in [1.54, 1.807) is 7.11 Å². The zero-order valence-electron chi connectivity index (χ0n) is 13.0. The van der Waals surface area contributed by atoms with Crippen LogP contribution in [0.25, 0.3) is 0 Å². The van der Waals surface area contributed by atoms with Gasteiger partial charge in [0.25, 0.3) is 0 Å². The average molecular weight is 301 g/mol. The number of rotatable bonds is 5. The van der Waals surface area contributed by atoms with Gasteiger partial charge in [0.15, 0.2) is 0 Å². The molecule has 2 rings (SSSR count). The van der Waals surface area contributed by atoms with Crippen molar-refractivity contribution in [3.05, 3.63) is 29.3 Å². The van der Waals surface area contributed by atoms with Crippen molar-refractivity contribution in [1.29, 1.82) is 5.26 Å². The van der Waals surface area contributed by atoms with E-state index in [1.165, 1.54) is 0 Å². The van der Waals surface area contributed by atoms with E-state index in [0.717, 1.165) is 44.5 Å². The molecule has 5 heteroatoms. The van der Waals surface area contributed by atoms with Gasteiger partial charge in [0.2, 0.25) is 5.91 Å². The predicted molar refractivity (Wildman–Crippen MR) is 84.1 cm³/mol. The Morgan fingerprint density at radius 3 is 2.95 bits per heavy atom. The normalized spacial score (nSPS) is 19.2. The summed E-state index contributed by atoms with van der Waals surface area (Å²) in [6, 6.07) is 7.92. The quantitative estimate of drug-likeness (QED) is 0.902. The van der Waals surface area contributed by atoms with E-state index in [9.17, 15) is 4.79 Å². The van der Waals surface area contributed by atoms with Crippen molar-refractivity contribution < 1.29 is 9.53 Å². The molecule has 0 aromatic heterocycles. The molecule has 1 fully saturated rings. The van der Waals surface area contributed by atoms with E-state index in [1.807, 2.05) is 18.2 Å². The van der Waals surface area contributed by atoms with E-state index < -0.39 is 0 Å². The van der Waals surface area contributed by atoms with Crippen LogP contribution in [-0.4, -0.2) is 31.0 Å². The van der Waals surface area contributed by atoms with Crippen LogP contribution in [0.2, 0.25) is 0 Å². The third-order valence-electron chi connectivity index (χ3n) is 4.22. The number of ether oxygens (including phenoxy) is 1. The van der Waals surface area contributed by atoms with Crippen LogP contribution in [0.3, 0.4) is 0 Å². The Labute approximate surface area is 131 Å². The second kappa shape index (κ2) is 7.81. The number of nitriles is 1. The molecule has 1 aromatic rings. The largest absolute Gasteiger partial charge is 0.495 e. The molecule has 0 bridgehead atoms. The zero-order valence-corrected chi connectivity index (χ0v) is 13.0. The summed E-state index contributed by atoms with van der Waals surface area (Å²) in [6.07, 6.45) is 3.64. The molecular formula is C17H23N3O2. The standard InChI is InChI=1S/C17H23N3O2/c1-22-16-5-4-14(9-15(16)11-18)12-20-7-2-3-13(6-8-20)10-17(19)21/h4-5,9,13H,2-3,6-8,10,12H2,1H3,(H2,19,21). The third kappa shape index (κ3) is 4.47. The molecule has 0 radical (unpaired) electrons. The summed E-state index contributed by atoms with van der Waals surface area (Å²) < 4.78 is 5.17. The van der Waals surface area contributed by atoms with Gasteiger partial charge in [-0.3, -0.25) is 9.69 Å². The fourth-order valence-electron chi connectivity index (χ4n) is 3.07. The molecule has 1 aliphatic heterocycles. The van der Waals surface area contributed by atoms with Gasteiger partial charge in [0.05, 0.1) is 12.7 Å². The van der Waals surface area contributed by atoms with Crippen LogP contribution in [-0.2, 0) is 11.3 Å². The molecule has 1 aliphatic rings. The number of carbonyl (C=O) groups is 1. The smallest absolute Gasteiger partial charge is 0.217 e. The van der Waals surface area contributed by atoms with Crippen molar-refractivity contribution in [2.45, 2.75) is 32.2 Å². The number of benzene rings is 1. The first-order chi connectivity index (χ1) is 10.6. The van der Waals surface area contributed by atoms with Crippen molar-refractivity contribution >= 4 is 5.91 Å². The molecule has 1 saturated heterocycles. The van der Waals surface area contributed by atoms with Crippen LogP contribution >= 0.6 is 0 Å². The van der Waals surface area contributed by atoms with Crippen molar-refractivity contribution in [1.82, 2.24) is 4.90 Å². The Balaban J connectivity index is 1.96. The van der Waals surface area contributed by atoms with E-state index in [2.05, 4.69) is 11.0 Å². The first-order valence-electron chi connectivity index (χ1n) is 7.70. The fourth-order valence-corrected chi connectivity index (χ4v) is 3.07. The van der Waals surface area contributed by atoms with Gasteiger partial charge < -0.3 is 10.5 Å². The number of amides is 1. The minimum absolute atomic E-state index is 0.202. The van der Waals surface area contributed by atoms with Gasteiger partial charge in [0, 0.05) is 13.0 Å². The van der Waals surface area contributed by atoms with E-state index >= 15 is 0 Å². The maximum atomic E-state index is 11.0. The van der Waals surface area contributed by atoms with Crippen LogP contribution in [0.5, 0.6) is 5.75 Å². The number of nitrogens with two attached hydrogens (primary N) is 1. The SMILES string of the molecule is COc1ccc(CN2CCCC(CC(N)=O)CC2)cc1C#N. The number of nitrogens with zero attached hydrogens (tertiary/aromatic N) is 2. The number of primary amides is 1. The Hall–Kier alpha value is -2.06. The van der Waals surface area contributed by atoms with Gasteiger partial charge in [-0.05, 0) is 56.0 Å². The van der Waals surface area contributed by atoms with Gasteiger partial charge in [-0.25, -0.2) is 0 Å². The highest BCUT2D eigenvalue weighted by Crippen LogP contribution is 2.23. The first kappa shape index (κ1) is 16.3. The molecule has 1 aromatic carbocycles. The lowest BCUT2D eigenvalue weighted by Crippen LogP contribution is -2.24. The Morgan fingerprint density at radius 1 is 1.45 bits per heavy atom. The summed E-state index contributed by atoms with van der Waals surface area (Å²) >= 11 is 0.